The maximum Gasteiger partial charge on any atom is 0.0594 e. The van der Waals surface area contributed by atoms with Crippen molar-refractivity contribution < 1.29 is 4.74 Å². The summed E-state index contributed by atoms with van der Waals surface area (Å²) >= 11 is 0. The molecule has 1 saturated heterocycles. The van der Waals surface area contributed by atoms with Crippen LogP contribution in [-0.2, 0) is 4.74 Å². The van der Waals surface area contributed by atoms with Gasteiger partial charge in [0.2, 0.25) is 0 Å². The lowest BCUT2D eigenvalue weighted by atomic mass is 10.1. The number of hydrogen-bond donors (Lipinski definition) is 0. The minimum Gasteiger partial charge on any atom is -0.379 e. The molecule has 1 aliphatic heterocycles. The smallest absolute Gasteiger partial charge is 0.0594 e. The topological polar surface area (TPSA) is 24.8 Å². The van der Waals surface area contributed by atoms with Crippen LogP contribution in [0, 0.1) is 0 Å². The quantitative estimate of drug-likeness (QED) is 0.629. The highest BCUT2D eigenvalue weighted by Gasteiger charge is 2.16. The third kappa shape index (κ3) is 4.20. The van der Waals surface area contributed by atoms with E-state index in [1.165, 1.54) is 0 Å². The molecule has 1 fully saturated rings. The van der Waals surface area contributed by atoms with Crippen LogP contribution in [0.3, 0.4) is 0 Å². The molecule has 1 unspecified atom stereocenters. The molecule has 82 valence electrons. The second kappa shape index (κ2) is 4.89. The Morgan fingerprint density at radius 2 is 1.86 bits per heavy atom. The van der Waals surface area contributed by atoms with E-state index in [1.54, 1.807) is 0 Å². The summed E-state index contributed by atoms with van der Waals surface area (Å²) in [5, 5.41) is 0. The van der Waals surface area contributed by atoms with E-state index in [9.17, 15) is 0 Å². The summed E-state index contributed by atoms with van der Waals surface area (Å²) in [6.45, 7) is 12.3. The van der Waals surface area contributed by atoms with Gasteiger partial charge in [0.1, 0.15) is 0 Å². The molecule has 0 N–H and O–H groups in total. The normalized spacial score (nSPS) is 22.9. The molecule has 0 radical (unpaired) electrons. The van der Waals surface area contributed by atoms with Crippen molar-refractivity contribution in [2.24, 2.45) is 4.99 Å². The van der Waals surface area contributed by atoms with Gasteiger partial charge in [-0.05, 0) is 27.7 Å². The molecular weight excluding hydrogens is 176 g/mol. The fourth-order valence-electron chi connectivity index (χ4n) is 1.41. The van der Waals surface area contributed by atoms with Gasteiger partial charge in [0.25, 0.3) is 0 Å². The molecule has 3 heteroatoms. The van der Waals surface area contributed by atoms with Gasteiger partial charge in [0.05, 0.1) is 18.8 Å². The van der Waals surface area contributed by atoms with E-state index in [0.29, 0.717) is 6.04 Å². The van der Waals surface area contributed by atoms with Crippen LogP contribution in [0.1, 0.15) is 27.7 Å². The molecule has 0 aromatic heterocycles. The summed E-state index contributed by atoms with van der Waals surface area (Å²) in [5.41, 5.74) is 0.0422. The Balaban J connectivity index is 2.40. The van der Waals surface area contributed by atoms with Crippen molar-refractivity contribution in [1.82, 2.24) is 4.90 Å². The maximum absolute atomic E-state index is 5.31. The van der Waals surface area contributed by atoms with E-state index in [1.807, 2.05) is 0 Å². The molecule has 0 amide bonds. The van der Waals surface area contributed by atoms with Crippen molar-refractivity contribution in [3.63, 3.8) is 0 Å². The average Bonchev–Trinajstić information content (AvgIpc) is 2.14. The molecule has 0 saturated carbocycles. The molecule has 3 nitrogen and oxygen atoms in total. The van der Waals surface area contributed by atoms with Gasteiger partial charge >= 0.3 is 0 Å². The monoisotopic (exact) mass is 198 g/mol. The minimum absolute atomic E-state index is 0.0422. The summed E-state index contributed by atoms with van der Waals surface area (Å²) in [6, 6.07) is 0.429. The van der Waals surface area contributed by atoms with Crippen molar-refractivity contribution in [3.8, 4) is 0 Å². The van der Waals surface area contributed by atoms with Gasteiger partial charge in [-0.2, -0.15) is 0 Å². The molecule has 1 heterocycles. The predicted octanol–water partition coefficient (Wildman–Crippen LogP) is 1.58. The SMILES string of the molecule is CC(C=NC(C)(C)C)N1CCOCC1. The first-order chi connectivity index (χ1) is 6.49. The summed E-state index contributed by atoms with van der Waals surface area (Å²) in [5.74, 6) is 0. The highest BCUT2D eigenvalue weighted by atomic mass is 16.5. The molecule has 1 aliphatic rings. The number of hydrogen-bond acceptors (Lipinski definition) is 3. The Kier molecular flexibility index (Phi) is 4.08. The molecule has 0 aliphatic carbocycles. The van der Waals surface area contributed by atoms with E-state index >= 15 is 0 Å². The molecule has 1 rings (SSSR count). The molecular formula is C11H22N2O. The minimum atomic E-state index is 0.0422. The number of ether oxygens (including phenoxy) is 1. The molecule has 0 spiro atoms. The Morgan fingerprint density at radius 1 is 1.29 bits per heavy atom. The Morgan fingerprint density at radius 3 is 2.36 bits per heavy atom. The fraction of sp³-hybridized carbons (Fsp3) is 0.909. The molecule has 1 atom stereocenters. The van der Waals surface area contributed by atoms with Gasteiger partial charge in [0.15, 0.2) is 0 Å². The lowest BCUT2D eigenvalue weighted by molar-refractivity contribution is 0.0323. The number of rotatable bonds is 2. The first kappa shape index (κ1) is 11.7. The van der Waals surface area contributed by atoms with Gasteiger partial charge in [0, 0.05) is 25.3 Å². The van der Waals surface area contributed by atoms with Crippen molar-refractivity contribution in [3.05, 3.63) is 0 Å². The highest BCUT2D eigenvalue weighted by Crippen LogP contribution is 2.07. The Bertz CT molecular complexity index is 190. The summed E-state index contributed by atoms with van der Waals surface area (Å²) in [4.78, 5) is 6.93. The van der Waals surface area contributed by atoms with Crippen molar-refractivity contribution in [2.75, 3.05) is 26.3 Å². The lowest BCUT2D eigenvalue weighted by Crippen LogP contribution is -2.43. The van der Waals surface area contributed by atoms with Crippen molar-refractivity contribution >= 4 is 6.21 Å². The zero-order valence-corrected chi connectivity index (χ0v) is 9.79. The zero-order valence-electron chi connectivity index (χ0n) is 9.79. The first-order valence-electron chi connectivity index (χ1n) is 5.36. The molecule has 0 aromatic carbocycles. The third-order valence-electron chi connectivity index (χ3n) is 2.30. The van der Waals surface area contributed by atoms with Gasteiger partial charge in [-0.3, -0.25) is 9.89 Å². The predicted molar refractivity (Wildman–Crippen MR) is 60.1 cm³/mol. The lowest BCUT2D eigenvalue weighted by Gasteiger charge is -2.30. The van der Waals surface area contributed by atoms with E-state index < -0.39 is 0 Å². The first-order valence-corrected chi connectivity index (χ1v) is 5.36. The van der Waals surface area contributed by atoms with Gasteiger partial charge < -0.3 is 4.74 Å². The number of morpholine rings is 1. The van der Waals surface area contributed by atoms with Crippen LogP contribution < -0.4 is 0 Å². The largest absolute Gasteiger partial charge is 0.379 e. The van der Waals surface area contributed by atoms with Crippen LogP contribution >= 0.6 is 0 Å². The van der Waals surface area contributed by atoms with Crippen LogP contribution in [0.5, 0.6) is 0 Å². The molecule has 0 bridgehead atoms. The van der Waals surface area contributed by atoms with Gasteiger partial charge in [-0.25, -0.2) is 0 Å². The van der Waals surface area contributed by atoms with Crippen molar-refractivity contribution in [1.29, 1.82) is 0 Å². The van der Waals surface area contributed by atoms with Crippen LogP contribution in [-0.4, -0.2) is 49.0 Å². The van der Waals surface area contributed by atoms with E-state index in [4.69, 9.17) is 4.74 Å². The van der Waals surface area contributed by atoms with Crippen LogP contribution in [0.25, 0.3) is 0 Å². The van der Waals surface area contributed by atoms with Crippen molar-refractivity contribution in [2.45, 2.75) is 39.3 Å². The Labute approximate surface area is 87.2 Å². The van der Waals surface area contributed by atoms with E-state index in [2.05, 4.69) is 43.8 Å². The van der Waals surface area contributed by atoms with E-state index in [-0.39, 0.29) is 5.54 Å². The summed E-state index contributed by atoms with van der Waals surface area (Å²) in [6.07, 6.45) is 2.06. The van der Waals surface area contributed by atoms with E-state index in [0.717, 1.165) is 26.3 Å². The zero-order chi connectivity index (χ0) is 10.6. The van der Waals surface area contributed by atoms with Gasteiger partial charge in [-0.15, -0.1) is 0 Å². The molecule has 0 aromatic rings. The second-order valence-electron chi connectivity index (χ2n) is 4.84. The number of nitrogens with zero attached hydrogens (tertiary/aromatic N) is 2. The standard InChI is InChI=1S/C11H22N2O/c1-10(9-12-11(2,3)4)13-5-7-14-8-6-13/h9-10H,5-8H2,1-4H3. The van der Waals surface area contributed by atoms with Crippen LogP contribution in [0.4, 0.5) is 0 Å². The van der Waals surface area contributed by atoms with Crippen LogP contribution in [0.15, 0.2) is 4.99 Å². The third-order valence-corrected chi connectivity index (χ3v) is 2.30. The highest BCUT2D eigenvalue weighted by molar-refractivity contribution is 5.64. The molecule has 14 heavy (non-hydrogen) atoms. The van der Waals surface area contributed by atoms with Gasteiger partial charge in [-0.1, -0.05) is 0 Å². The average molecular weight is 198 g/mol. The maximum atomic E-state index is 5.31. The summed E-state index contributed by atoms with van der Waals surface area (Å²) in [7, 11) is 0. The number of aliphatic imine (C=N–C) groups is 1. The van der Waals surface area contributed by atoms with Crippen LogP contribution in [0.2, 0.25) is 0 Å². The fourth-order valence-corrected chi connectivity index (χ4v) is 1.41. The Hall–Kier alpha value is -0.410. The second-order valence-corrected chi connectivity index (χ2v) is 4.84. The summed E-state index contributed by atoms with van der Waals surface area (Å²) < 4.78 is 5.31.